The number of nitrogens with zero attached hydrogens (tertiary/aromatic N) is 1. The Hall–Kier alpha value is -1.25. The zero-order valence-corrected chi connectivity index (χ0v) is 12.9. The molecule has 1 heterocycles. The van der Waals surface area contributed by atoms with Crippen LogP contribution in [0.2, 0.25) is 5.02 Å². The van der Waals surface area contributed by atoms with Gasteiger partial charge in [0.25, 0.3) is 0 Å². The van der Waals surface area contributed by atoms with Gasteiger partial charge in [-0.15, -0.1) is 11.8 Å². The number of fused-ring (bicyclic) bond motifs is 1. The van der Waals surface area contributed by atoms with Crippen molar-refractivity contribution in [3.05, 3.63) is 64.7 Å². The molecule has 0 saturated carbocycles. The van der Waals surface area contributed by atoms with Gasteiger partial charge in [-0.25, -0.2) is 4.99 Å². The lowest BCUT2D eigenvalue weighted by atomic mass is 9.94. The van der Waals surface area contributed by atoms with E-state index in [0.29, 0.717) is 5.92 Å². The SMILES string of the molecule is CSC1=Nc2ccccc2CCC1c1ccc(Cl)cc1. The first-order valence-corrected chi connectivity index (χ1v) is 8.34. The normalized spacial score (nSPS) is 18.1. The van der Waals surface area contributed by atoms with Crippen molar-refractivity contribution in [2.24, 2.45) is 4.99 Å². The van der Waals surface area contributed by atoms with Crippen LogP contribution >= 0.6 is 23.4 Å². The Kier molecular flexibility index (Phi) is 4.13. The summed E-state index contributed by atoms with van der Waals surface area (Å²) in [7, 11) is 0. The third kappa shape index (κ3) is 2.77. The fourth-order valence-corrected chi connectivity index (χ4v) is 3.50. The van der Waals surface area contributed by atoms with Gasteiger partial charge < -0.3 is 0 Å². The highest BCUT2D eigenvalue weighted by Crippen LogP contribution is 2.35. The summed E-state index contributed by atoms with van der Waals surface area (Å²) in [5.41, 5.74) is 3.76. The summed E-state index contributed by atoms with van der Waals surface area (Å²) in [6.07, 6.45) is 4.27. The molecule has 2 aromatic rings. The highest BCUT2D eigenvalue weighted by Gasteiger charge is 2.21. The minimum Gasteiger partial charge on any atom is -0.246 e. The second kappa shape index (κ2) is 6.02. The van der Waals surface area contributed by atoms with E-state index >= 15 is 0 Å². The summed E-state index contributed by atoms with van der Waals surface area (Å²) >= 11 is 7.74. The molecule has 0 amide bonds. The van der Waals surface area contributed by atoms with Gasteiger partial charge in [-0.05, 0) is 48.4 Å². The summed E-state index contributed by atoms with van der Waals surface area (Å²) in [5, 5.41) is 1.98. The van der Waals surface area contributed by atoms with E-state index in [1.54, 1.807) is 11.8 Å². The van der Waals surface area contributed by atoms with Crippen LogP contribution in [0.1, 0.15) is 23.5 Å². The first-order chi connectivity index (χ1) is 9.78. The lowest BCUT2D eigenvalue weighted by Gasteiger charge is -2.16. The van der Waals surface area contributed by atoms with E-state index in [4.69, 9.17) is 16.6 Å². The van der Waals surface area contributed by atoms with Crippen molar-refractivity contribution >= 4 is 34.1 Å². The molecule has 0 bridgehead atoms. The Morgan fingerprint density at radius 1 is 1.10 bits per heavy atom. The van der Waals surface area contributed by atoms with Crippen LogP contribution < -0.4 is 0 Å². The lowest BCUT2D eigenvalue weighted by molar-refractivity contribution is 0.782. The molecule has 3 heteroatoms. The highest BCUT2D eigenvalue weighted by atomic mass is 35.5. The van der Waals surface area contributed by atoms with Gasteiger partial charge in [-0.1, -0.05) is 41.9 Å². The van der Waals surface area contributed by atoms with E-state index in [0.717, 1.165) is 23.6 Å². The lowest BCUT2D eigenvalue weighted by Crippen LogP contribution is -2.08. The summed E-state index contributed by atoms with van der Waals surface area (Å²) in [5.74, 6) is 0.370. The topological polar surface area (TPSA) is 12.4 Å². The van der Waals surface area contributed by atoms with Crippen molar-refractivity contribution in [1.29, 1.82) is 0 Å². The number of thioether (sulfide) groups is 1. The van der Waals surface area contributed by atoms with Crippen LogP contribution in [0.3, 0.4) is 0 Å². The number of halogens is 1. The quantitative estimate of drug-likeness (QED) is 0.681. The van der Waals surface area contributed by atoms with Gasteiger partial charge in [0.05, 0.1) is 10.7 Å². The van der Waals surface area contributed by atoms with Gasteiger partial charge in [-0.2, -0.15) is 0 Å². The molecule has 0 aromatic heterocycles. The Morgan fingerprint density at radius 3 is 2.60 bits per heavy atom. The Morgan fingerprint density at radius 2 is 1.85 bits per heavy atom. The van der Waals surface area contributed by atoms with Crippen LogP contribution in [0.15, 0.2) is 53.5 Å². The smallest absolute Gasteiger partial charge is 0.0811 e. The number of benzene rings is 2. The predicted molar refractivity (Wildman–Crippen MR) is 89.6 cm³/mol. The first-order valence-electron chi connectivity index (χ1n) is 6.74. The second-order valence-electron chi connectivity index (χ2n) is 4.93. The van der Waals surface area contributed by atoms with E-state index in [9.17, 15) is 0 Å². The molecular formula is C17H16ClNS. The third-order valence-corrected chi connectivity index (χ3v) is 4.75. The largest absolute Gasteiger partial charge is 0.246 e. The molecule has 20 heavy (non-hydrogen) atoms. The van der Waals surface area contributed by atoms with Crippen LogP contribution in [0, 0.1) is 0 Å². The molecule has 0 aliphatic carbocycles. The molecule has 1 atom stereocenters. The van der Waals surface area contributed by atoms with Crippen LogP contribution in [-0.4, -0.2) is 11.3 Å². The standard InChI is InChI=1S/C17H16ClNS/c1-20-17-15(12-6-9-14(18)10-7-12)11-8-13-4-2-3-5-16(13)19-17/h2-7,9-10,15H,8,11H2,1H3. The molecule has 3 rings (SSSR count). The maximum atomic E-state index is 5.99. The molecule has 102 valence electrons. The number of aryl methyl sites for hydroxylation is 1. The third-order valence-electron chi connectivity index (χ3n) is 3.70. The molecule has 1 aliphatic rings. The molecule has 1 unspecified atom stereocenters. The minimum absolute atomic E-state index is 0.370. The van der Waals surface area contributed by atoms with E-state index in [-0.39, 0.29) is 0 Å². The molecule has 0 fully saturated rings. The number of hydrogen-bond donors (Lipinski definition) is 0. The Balaban J connectivity index is 2.00. The molecule has 0 spiro atoms. The summed E-state index contributed by atoms with van der Waals surface area (Å²) in [6, 6.07) is 16.6. The predicted octanol–water partition coefficient (Wildman–Crippen LogP) is 5.46. The summed E-state index contributed by atoms with van der Waals surface area (Å²) in [4.78, 5) is 4.88. The van der Waals surface area contributed by atoms with Crippen molar-refractivity contribution in [2.45, 2.75) is 18.8 Å². The van der Waals surface area contributed by atoms with E-state index in [2.05, 4.69) is 42.7 Å². The number of hydrogen-bond acceptors (Lipinski definition) is 2. The van der Waals surface area contributed by atoms with Gasteiger partial charge in [0.1, 0.15) is 0 Å². The maximum Gasteiger partial charge on any atom is 0.0811 e. The minimum atomic E-state index is 0.370. The molecular weight excluding hydrogens is 286 g/mol. The summed E-state index contributed by atoms with van der Waals surface area (Å²) < 4.78 is 0. The molecule has 0 radical (unpaired) electrons. The van der Waals surface area contributed by atoms with Crippen molar-refractivity contribution in [1.82, 2.24) is 0 Å². The Labute approximate surface area is 129 Å². The van der Waals surface area contributed by atoms with Gasteiger partial charge in [0.15, 0.2) is 0 Å². The molecule has 0 N–H and O–H groups in total. The zero-order chi connectivity index (χ0) is 13.9. The average molecular weight is 302 g/mol. The number of para-hydroxylation sites is 1. The molecule has 1 aliphatic heterocycles. The number of aliphatic imine (C=N–C) groups is 1. The Bertz CT molecular complexity index is 634. The monoisotopic (exact) mass is 301 g/mol. The van der Waals surface area contributed by atoms with Crippen molar-refractivity contribution in [2.75, 3.05) is 6.26 Å². The van der Waals surface area contributed by atoms with Crippen LogP contribution in [0.4, 0.5) is 5.69 Å². The van der Waals surface area contributed by atoms with Crippen LogP contribution in [0.5, 0.6) is 0 Å². The zero-order valence-electron chi connectivity index (χ0n) is 11.3. The number of rotatable bonds is 1. The van der Waals surface area contributed by atoms with E-state index < -0.39 is 0 Å². The van der Waals surface area contributed by atoms with Gasteiger partial charge in [0.2, 0.25) is 0 Å². The fourth-order valence-electron chi connectivity index (χ4n) is 2.64. The van der Waals surface area contributed by atoms with Gasteiger partial charge >= 0.3 is 0 Å². The van der Waals surface area contributed by atoms with Gasteiger partial charge in [-0.3, -0.25) is 0 Å². The van der Waals surface area contributed by atoms with Crippen LogP contribution in [-0.2, 0) is 6.42 Å². The maximum absolute atomic E-state index is 5.99. The van der Waals surface area contributed by atoms with Crippen LogP contribution in [0.25, 0.3) is 0 Å². The second-order valence-corrected chi connectivity index (χ2v) is 6.19. The molecule has 0 saturated heterocycles. The molecule has 1 nitrogen and oxygen atoms in total. The summed E-state index contributed by atoms with van der Waals surface area (Å²) in [6.45, 7) is 0. The fraction of sp³-hybridized carbons (Fsp3) is 0.235. The molecule has 2 aromatic carbocycles. The average Bonchev–Trinajstić information content (AvgIpc) is 2.67. The van der Waals surface area contributed by atoms with Crippen molar-refractivity contribution < 1.29 is 0 Å². The van der Waals surface area contributed by atoms with Gasteiger partial charge in [0, 0.05) is 10.9 Å². The van der Waals surface area contributed by atoms with Crippen molar-refractivity contribution in [3.8, 4) is 0 Å². The first kappa shape index (κ1) is 13.7. The highest BCUT2D eigenvalue weighted by molar-refractivity contribution is 8.13. The van der Waals surface area contributed by atoms with Crippen molar-refractivity contribution in [3.63, 3.8) is 0 Å². The van der Waals surface area contributed by atoms with E-state index in [1.807, 2.05) is 12.1 Å². The van der Waals surface area contributed by atoms with E-state index in [1.165, 1.54) is 16.2 Å².